The van der Waals surface area contributed by atoms with Gasteiger partial charge in [0.25, 0.3) is 0 Å². The standard InChI is InChI=1S/C11H7N3O2/c15-11(16)8-5-12-10-9(13-8)6-3-1-2-4-7(6)14-10/h1-5H,(H,12,14)(H,15,16). The zero-order valence-corrected chi connectivity index (χ0v) is 8.14. The Labute approximate surface area is 89.8 Å². The summed E-state index contributed by atoms with van der Waals surface area (Å²) in [5.41, 5.74) is 2.05. The molecule has 0 aliphatic heterocycles. The van der Waals surface area contributed by atoms with Crippen LogP contribution in [0, 0.1) is 0 Å². The SMILES string of the molecule is O=C(O)c1cnc2[nH]c3ccccc3c2n1. The fraction of sp³-hybridized carbons (Fsp3) is 0. The summed E-state index contributed by atoms with van der Waals surface area (Å²) in [6, 6.07) is 7.56. The van der Waals surface area contributed by atoms with Crippen LogP contribution in [0.5, 0.6) is 0 Å². The number of aromatic carboxylic acids is 1. The summed E-state index contributed by atoms with van der Waals surface area (Å²) in [6.45, 7) is 0. The van der Waals surface area contributed by atoms with E-state index in [1.807, 2.05) is 24.3 Å². The van der Waals surface area contributed by atoms with Crippen molar-refractivity contribution in [2.75, 3.05) is 0 Å². The number of carbonyl (C=O) groups is 1. The summed E-state index contributed by atoms with van der Waals surface area (Å²) in [5.74, 6) is -1.07. The third-order valence-corrected chi connectivity index (χ3v) is 2.43. The van der Waals surface area contributed by atoms with Crippen molar-refractivity contribution >= 4 is 28.0 Å². The van der Waals surface area contributed by atoms with Crippen molar-refractivity contribution in [2.24, 2.45) is 0 Å². The van der Waals surface area contributed by atoms with E-state index in [-0.39, 0.29) is 5.69 Å². The number of rotatable bonds is 1. The van der Waals surface area contributed by atoms with Crippen LogP contribution in [0.1, 0.15) is 10.5 Å². The first-order chi connectivity index (χ1) is 7.75. The highest BCUT2D eigenvalue weighted by atomic mass is 16.4. The van der Waals surface area contributed by atoms with E-state index in [9.17, 15) is 4.79 Å². The summed E-state index contributed by atoms with van der Waals surface area (Å²) in [4.78, 5) is 22.0. The average Bonchev–Trinajstić information content (AvgIpc) is 2.66. The second-order valence-corrected chi connectivity index (χ2v) is 3.43. The van der Waals surface area contributed by atoms with Crippen molar-refractivity contribution in [3.8, 4) is 0 Å². The van der Waals surface area contributed by atoms with E-state index in [1.54, 1.807) is 0 Å². The van der Waals surface area contributed by atoms with Crippen molar-refractivity contribution in [1.82, 2.24) is 15.0 Å². The lowest BCUT2D eigenvalue weighted by Gasteiger charge is -1.93. The number of aromatic amines is 1. The molecule has 0 saturated heterocycles. The first-order valence-corrected chi connectivity index (χ1v) is 4.72. The molecule has 5 heteroatoms. The third kappa shape index (κ3) is 1.15. The molecule has 2 heterocycles. The topological polar surface area (TPSA) is 78.9 Å². The van der Waals surface area contributed by atoms with Crippen LogP contribution < -0.4 is 0 Å². The quantitative estimate of drug-likeness (QED) is 0.646. The molecule has 0 spiro atoms. The Bertz CT molecular complexity index is 703. The van der Waals surface area contributed by atoms with Gasteiger partial charge in [0.2, 0.25) is 0 Å². The third-order valence-electron chi connectivity index (χ3n) is 2.43. The first kappa shape index (κ1) is 8.84. The Morgan fingerprint density at radius 3 is 2.94 bits per heavy atom. The highest BCUT2D eigenvalue weighted by Crippen LogP contribution is 2.21. The molecule has 0 aliphatic carbocycles. The Morgan fingerprint density at radius 2 is 2.12 bits per heavy atom. The summed E-state index contributed by atoms with van der Waals surface area (Å²) in [6.07, 6.45) is 1.25. The molecule has 0 fully saturated rings. The Hall–Kier alpha value is -2.43. The molecular formula is C11H7N3O2. The lowest BCUT2D eigenvalue weighted by molar-refractivity contribution is 0.0690. The molecule has 0 bridgehead atoms. The zero-order chi connectivity index (χ0) is 11.1. The van der Waals surface area contributed by atoms with Crippen LogP contribution in [-0.2, 0) is 0 Å². The molecule has 3 aromatic rings. The van der Waals surface area contributed by atoms with E-state index in [4.69, 9.17) is 5.11 Å². The second kappa shape index (κ2) is 3.03. The van der Waals surface area contributed by atoms with Crippen molar-refractivity contribution in [3.63, 3.8) is 0 Å². The van der Waals surface area contributed by atoms with Crippen molar-refractivity contribution < 1.29 is 9.90 Å². The fourth-order valence-electron chi connectivity index (χ4n) is 1.70. The molecule has 2 N–H and O–H groups in total. The molecule has 0 atom stereocenters. The van der Waals surface area contributed by atoms with Gasteiger partial charge in [0.05, 0.1) is 6.20 Å². The largest absolute Gasteiger partial charge is 0.476 e. The van der Waals surface area contributed by atoms with Gasteiger partial charge in [-0.2, -0.15) is 0 Å². The summed E-state index contributed by atoms with van der Waals surface area (Å²) >= 11 is 0. The van der Waals surface area contributed by atoms with E-state index in [2.05, 4.69) is 15.0 Å². The van der Waals surface area contributed by atoms with Gasteiger partial charge in [-0.1, -0.05) is 18.2 Å². The number of hydrogen-bond donors (Lipinski definition) is 2. The predicted molar refractivity (Wildman–Crippen MR) is 58.4 cm³/mol. The molecule has 16 heavy (non-hydrogen) atoms. The number of para-hydroxylation sites is 1. The van der Waals surface area contributed by atoms with E-state index >= 15 is 0 Å². The van der Waals surface area contributed by atoms with Crippen LogP contribution in [0.15, 0.2) is 30.5 Å². The minimum Gasteiger partial charge on any atom is -0.476 e. The molecule has 0 amide bonds. The highest BCUT2D eigenvalue weighted by Gasteiger charge is 2.10. The highest BCUT2D eigenvalue weighted by molar-refractivity contribution is 6.04. The molecule has 78 valence electrons. The molecular weight excluding hydrogens is 206 g/mol. The number of carboxylic acids is 1. The zero-order valence-electron chi connectivity index (χ0n) is 8.14. The van der Waals surface area contributed by atoms with E-state index in [0.29, 0.717) is 11.2 Å². The minimum atomic E-state index is -1.07. The maximum Gasteiger partial charge on any atom is 0.356 e. The summed E-state index contributed by atoms with van der Waals surface area (Å²) < 4.78 is 0. The number of fused-ring (bicyclic) bond motifs is 3. The normalized spacial score (nSPS) is 11.0. The molecule has 0 aliphatic rings. The van der Waals surface area contributed by atoms with Gasteiger partial charge in [0.1, 0.15) is 5.52 Å². The molecule has 0 saturated carbocycles. The minimum absolute atomic E-state index is 0.0442. The second-order valence-electron chi connectivity index (χ2n) is 3.43. The number of hydrogen-bond acceptors (Lipinski definition) is 3. The van der Waals surface area contributed by atoms with Crippen molar-refractivity contribution in [2.45, 2.75) is 0 Å². The van der Waals surface area contributed by atoms with Crippen molar-refractivity contribution in [1.29, 1.82) is 0 Å². The maximum absolute atomic E-state index is 10.8. The van der Waals surface area contributed by atoms with Gasteiger partial charge in [-0.3, -0.25) is 0 Å². The van der Waals surface area contributed by atoms with Crippen LogP contribution in [-0.4, -0.2) is 26.0 Å². The van der Waals surface area contributed by atoms with Gasteiger partial charge in [-0.15, -0.1) is 0 Å². The van der Waals surface area contributed by atoms with Crippen LogP contribution in [0.4, 0.5) is 0 Å². The summed E-state index contributed by atoms with van der Waals surface area (Å²) in [7, 11) is 0. The number of nitrogens with one attached hydrogen (secondary N) is 1. The summed E-state index contributed by atoms with van der Waals surface area (Å²) in [5, 5.41) is 9.72. The molecule has 3 rings (SSSR count). The van der Waals surface area contributed by atoms with Gasteiger partial charge in [-0.05, 0) is 6.07 Å². The molecule has 0 unspecified atom stereocenters. The van der Waals surface area contributed by atoms with Gasteiger partial charge in [0.15, 0.2) is 11.3 Å². The van der Waals surface area contributed by atoms with E-state index in [1.165, 1.54) is 6.20 Å². The lowest BCUT2D eigenvalue weighted by atomic mass is 10.2. The van der Waals surface area contributed by atoms with E-state index in [0.717, 1.165) is 10.9 Å². The lowest BCUT2D eigenvalue weighted by Crippen LogP contribution is -2.00. The van der Waals surface area contributed by atoms with E-state index < -0.39 is 5.97 Å². The smallest absolute Gasteiger partial charge is 0.356 e. The predicted octanol–water partition coefficient (Wildman–Crippen LogP) is 1.81. The molecule has 0 radical (unpaired) electrons. The number of aromatic nitrogens is 3. The molecule has 5 nitrogen and oxygen atoms in total. The van der Waals surface area contributed by atoms with Gasteiger partial charge >= 0.3 is 5.97 Å². The average molecular weight is 213 g/mol. The Morgan fingerprint density at radius 1 is 1.31 bits per heavy atom. The number of benzene rings is 1. The fourth-order valence-corrected chi connectivity index (χ4v) is 1.70. The maximum atomic E-state index is 10.8. The van der Waals surface area contributed by atoms with Crippen LogP contribution in [0.25, 0.3) is 22.1 Å². The Kier molecular flexibility index (Phi) is 1.67. The monoisotopic (exact) mass is 213 g/mol. The number of nitrogens with zero attached hydrogens (tertiary/aromatic N) is 2. The van der Waals surface area contributed by atoms with Crippen LogP contribution >= 0.6 is 0 Å². The number of carboxylic acid groups (broad SMARTS) is 1. The van der Waals surface area contributed by atoms with Crippen LogP contribution in [0.2, 0.25) is 0 Å². The van der Waals surface area contributed by atoms with Crippen LogP contribution in [0.3, 0.4) is 0 Å². The van der Waals surface area contributed by atoms with Crippen molar-refractivity contribution in [3.05, 3.63) is 36.2 Å². The Balaban J connectivity index is 2.44. The number of H-pyrrole nitrogens is 1. The van der Waals surface area contributed by atoms with Gasteiger partial charge in [-0.25, -0.2) is 14.8 Å². The van der Waals surface area contributed by atoms with Gasteiger partial charge in [0, 0.05) is 10.9 Å². The van der Waals surface area contributed by atoms with Gasteiger partial charge < -0.3 is 10.1 Å². The molecule has 2 aromatic heterocycles. The first-order valence-electron chi connectivity index (χ1n) is 4.72. The molecule has 1 aromatic carbocycles.